The van der Waals surface area contributed by atoms with Crippen LogP contribution in [0.1, 0.15) is 45.4 Å². The summed E-state index contributed by atoms with van der Waals surface area (Å²) in [4.78, 5) is 0. The zero-order chi connectivity index (χ0) is 10.3. The van der Waals surface area contributed by atoms with Crippen molar-refractivity contribution in [3.63, 3.8) is 0 Å². The molecular weight excluding hydrogens is 266 g/mol. The summed E-state index contributed by atoms with van der Waals surface area (Å²) in [6.45, 7) is 5.46. The summed E-state index contributed by atoms with van der Waals surface area (Å²) >= 11 is 0. The summed E-state index contributed by atoms with van der Waals surface area (Å²) in [5.74, 6) is -1.13. The molecule has 1 radical (unpaired) electrons. The van der Waals surface area contributed by atoms with E-state index in [1.165, 1.54) is 0 Å². The molecule has 0 saturated carbocycles. The maximum atomic E-state index is 12.3. The molecule has 0 saturated heterocycles. The Balaban J connectivity index is 0. The third kappa shape index (κ3) is 8.22. The van der Waals surface area contributed by atoms with Crippen molar-refractivity contribution in [3.05, 3.63) is 6.92 Å². The quantitative estimate of drug-likeness (QED) is 0.502. The Hall–Kier alpha value is 0.894. The molecule has 0 aromatic heterocycles. The number of hydrogen-bond acceptors (Lipinski definition) is 0. The van der Waals surface area contributed by atoms with Gasteiger partial charge in [0, 0.05) is 32.7 Å². The van der Waals surface area contributed by atoms with Gasteiger partial charge in [-0.1, -0.05) is 32.6 Å². The van der Waals surface area contributed by atoms with E-state index in [1.807, 2.05) is 6.92 Å². The van der Waals surface area contributed by atoms with Crippen molar-refractivity contribution in [2.45, 2.75) is 51.6 Å². The predicted molar refractivity (Wildman–Crippen MR) is 48.3 cm³/mol. The van der Waals surface area contributed by atoms with Gasteiger partial charge in [-0.2, -0.15) is 19.6 Å². The van der Waals surface area contributed by atoms with E-state index in [1.54, 1.807) is 0 Å². The van der Waals surface area contributed by atoms with Gasteiger partial charge in [0.15, 0.2) is 0 Å². The summed E-state index contributed by atoms with van der Waals surface area (Å²) in [5, 5.41) is 0. The van der Waals surface area contributed by atoms with E-state index in [-0.39, 0.29) is 45.6 Å². The Labute approximate surface area is 110 Å². The first-order valence-corrected chi connectivity index (χ1v) is 4.88. The van der Waals surface area contributed by atoms with Crippen molar-refractivity contribution in [2.75, 3.05) is 0 Å². The molecule has 0 amide bonds. The Morgan fingerprint density at radius 3 is 2.07 bits per heavy atom. The van der Waals surface area contributed by atoms with Crippen LogP contribution in [0.3, 0.4) is 0 Å². The second-order valence-corrected chi connectivity index (χ2v) is 3.38. The van der Waals surface area contributed by atoms with Gasteiger partial charge in [-0.05, 0) is 6.42 Å². The molecule has 83 valence electrons. The topological polar surface area (TPSA) is 0 Å². The number of hydrogen-bond donors (Lipinski definition) is 0. The van der Waals surface area contributed by atoms with Crippen LogP contribution in [0.25, 0.3) is 0 Å². The third-order valence-electron chi connectivity index (χ3n) is 2.17. The van der Waals surface area contributed by atoms with Crippen molar-refractivity contribution in [3.8, 4) is 0 Å². The first-order valence-electron chi connectivity index (χ1n) is 4.88. The average Bonchev–Trinajstić information content (AvgIpc) is 2.01. The molecule has 0 bridgehead atoms. The predicted octanol–water partition coefficient (Wildman–Crippen LogP) is 4.36. The molecule has 0 aromatic carbocycles. The van der Waals surface area contributed by atoms with E-state index in [9.17, 15) is 13.2 Å². The molecule has 14 heavy (non-hydrogen) atoms. The minimum Gasteiger partial charge on any atom is -0.343 e. The van der Waals surface area contributed by atoms with E-state index in [4.69, 9.17) is 0 Å². The maximum absolute atomic E-state index is 12.3. The summed E-state index contributed by atoms with van der Waals surface area (Å²) in [5.41, 5.74) is 0. The zero-order valence-corrected chi connectivity index (χ0v) is 11.6. The largest absolute Gasteiger partial charge is 0.391 e. The molecule has 0 N–H and O–H groups in total. The van der Waals surface area contributed by atoms with Crippen molar-refractivity contribution in [1.82, 2.24) is 0 Å². The van der Waals surface area contributed by atoms with Crippen LogP contribution in [-0.2, 0) is 32.7 Å². The van der Waals surface area contributed by atoms with Crippen LogP contribution in [-0.4, -0.2) is 6.18 Å². The van der Waals surface area contributed by atoms with Crippen molar-refractivity contribution < 1.29 is 45.9 Å². The molecule has 4 heteroatoms. The first-order chi connectivity index (χ1) is 6.02. The van der Waals surface area contributed by atoms with Gasteiger partial charge in [-0.25, -0.2) is 0 Å². The SMILES string of the molecule is [CH2-]CCC(CCCCC)C(F)(F)F.[Y]. The average molecular weight is 284 g/mol. The second-order valence-electron chi connectivity index (χ2n) is 3.38. The summed E-state index contributed by atoms with van der Waals surface area (Å²) in [6, 6.07) is 0. The molecule has 0 aromatic rings. The van der Waals surface area contributed by atoms with Gasteiger partial charge in [0.25, 0.3) is 0 Å². The second kappa shape index (κ2) is 9.14. The van der Waals surface area contributed by atoms with Crippen LogP contribution in [0.2, 0.25) is 0 Å². The number of rotatable bonds is 6. The van der Waals surface area contributed by atoms with Gasteiger partial charge >= 0.3 is 6.18 Å². The van der Waals surface area contributed by atoms with E-state index >= 15 is 0 Å². The van der Waals surface area contributed by atoms with Gasteiger partial charge in [0.1, 0.15) is 0 Å². The number of unbranched alkanes of at least 4 members (excludes halogenated alkanes) is 2. The van der Waals surface area contributed by atoms with E-state index < -0.39 is 12.1 Å². The fourth-order valence-electron chi connectivity index (χ4n) is 1.36. The van der Waals surface area contributed by atoms with Gasteiger partial charge < -0.3 is 6.92 Å². The Morgan fingerprint density at radius 1 is 1.14 bits per heavy atom. The Morgan fingerprint density at radius 2 is 1.71 bits per heavy atom. The molecule has 0 aliphatic carbocycles. The van der Waals surface area contributed by atoms with Crippen LogP contribution in [0.15, 0.2) is 0 Å². The summed E-state index contributed by atoms with van der Waals surface area (Å²) < 4.78 is 36.9. The van der Waals surface area contributed by atoms with Gasteiger partial charge in [-0.15, -0.1) is 0 Å². The number of halogens is 3. The zero-order valence-electron chi connectivity index (χ0n) is 8.74. The molecule has 1 atom stereocenters. The van der Waals surface area contributed by atoms with Gasteiger partial charge in [0.05, 0.1) is 5.92 Å². The van der Waals surface area contributed by atoms with Crippen LogP contribution >= 0.6 is 0 Å². The molecule has 0 fully saturated rings. The summed E-state index contributed by atoms with van der Waals surface area (Å²) in [7, 11) is 0. The van der Waals surface area contributed by atoms with Crippen molar-refractivity contribution >= 4 is 0 Å². The smallest absolute Gasteiger partial charge is 0.343 e. The van der Waals surface area contributed by atoms with E-state index in [2.05, 4.69) is 6.92 Å². The third-order valence-corrected chi connectivity index (χ3v) is 2.17. The minimum absolute atomic E-state index is 0. The fraction of sp³-hybridized carbons (Fsp3) is 0.900. The van der Waals surface area contributed by atoms with Crippen LogP contribution in [0.5, 0.6) is 0 Å². The molecule has 0 aliphatic rings. The van der Waals surface area contributed by atoms with E-state index in [0.717, 1.165) is 12.8 Å². The summed E-state index contributed by atoms with van der Waals surface area (Å²) in [6.07, 6.45) is -0.666. The Kier molecular flexibility index (Phi) is 11.3. The standard InChI is InChI=1S/C10H18F3.Y/c1-3-5-6-8-9(7-4-2)10(11,12)13;/h9H,2-8H2,1H3;/q-1;. The first kappa shape index (κ1) is 17.3. The molecular formula is C10H18F3Y-. The van der Waals surface area contributed by atoms with Crippen molar-refractivity contribution in [1.29, 1.82) is 0 Å². The monoisotopic (exact) mass is 284 g/mol. The van der Waals surface area contributed by atoms with E-state index in [0.29, 0.717) is 12.8 Å². The van der Waals surface area contributed by atoms with Crippen LogP contribution < -0.4 is 0 Å². The molecule has 0 rings (SSSR count). The molecule has 0 spiro atoms. The fourth-order valence-corrected chi connectivity index (χ4v) is 1.36. The van der Waals surface area contributed by atoms with Crippen molar-refractivity contribution in [2.24, 2.45) is 5.92 Å². The molecule has 0 heterocycles. The molecule has 1 unspecified atom stereocenters. The van der Waals surface area contributed by atoms with Crippen LogP contribution in [0.4, 0.5) is 13.2 Å². The van der Waals surface area contributed by atoms with Gasteiger partial charge in [0.2, 0.25) is 0 Å². The molecule has 0 nitrogen and oxygen atoms in total. The normalized spacial score (nSPS) is 13.5. The number of alkyl halides is 3. The van der Waals surface area contributed by atoms with Gasteiger partial charge in [-0.3, -0.25) is 0 Å². The minimum atomic E-state index is -4.02. The van der Waals surface area contributed by atoms with Crippen LogP contribution in [0, 0.1) is 12.8 Å². The maximum Gasteiger partial charge on any atom is 0.391 e. The molecule has 0 aliphatic heterocycles. The Bertz CT molecular complexity index is 123.